The molecule has 0 bridgehead atoms. The lowest BCUT2D eigenvalue weighted by Crippen LogP contribution is -2.34. The largest absolute Gasteiger partial charge is 0.477 e. The van der Waals surface area contributed by atoms with Gasteiger partial charge < -0.3 is 5.11 Å². The number of rotatable bonds is 7. The van der Waals surface area contributed by atoms with Gasteiger partial charge in [0.05, 0.1) is 4.90 Å². The minimum Gasteiger partial charge on any atom is -0.477 e. The monoisotopic (exact) mass is 317 g/mol. The second-order valence-corrected chi connectivity index (χ2v) is 8.15. The van der Waals surface area contributed by atoms with Gasteiger partial charge in [-0.25, -0.2) is 13.2 Å². The van der Waals surface area contributed by atoms with Crippen molar-refractivity contribution < 1.29 is 18.3 Å². The fourth-order valence-corrected chi connectivity index (χ4v) is 5.25. The Labute approximate surface area is 123 Å². The molecule has 1 aliphatic carbocycles. The van der Waals surface area contributed by atoms with E-state index in [1.54, 1.807) is 11.2 Å². The minimum absolute atomic E-state index is 0.0762. The molecule has 1 aromatic heterocycles. The van der Waals surface area contributed by atoms with Crippen LogP contribution in [0.3, 0.4) is 0 Å². The van der Waals surface area contributed by atoms with Crippen molar-refractivity contribution in [2.75, 3.05) is 6.54 Å². The summed E-state index contributed by atoms with van der Waals surface area (Å²) in [5, 5.41) is 8.99. The molecule has 7 heteroatoms. The summed E-state index contributed by atoms with van der Waals surface area (Å²) in [5.41, 5.74) is 0. The van der Waals surface area contributed by atoms with Crippen molar-refractivity contribution in [3.05, 3.63) is 15.8 Å². The number of carbonyl (C=O) groups is 1. The molecule has 0 aromatic carbocycles. The smallest absolute Gasteiger partial charge is 0.345 e. The van der Waals surface area contributed by atoms with E-state index in [1.165, 1.54) is 6.07 Å². The van der Waals surface area contributed by atoms with Crippen molar-refractivity contribution in [1.29, 1.82) is 0 Å². The number of aryl methyl sites for hydroxylation is 1. The third kappa shape index (κ3) is 3.05. The standard InChI is InChI=1S/C13H19NO4S2/c1-3-4-7-14(10-5-6-10)20(17,18)12-8-11(13(15)16)19-9(12)2/h8,10H,3-7H2,1-2H3,(H,15,16). The number of sulfonamides is 1. The number of hydrogen-bond acceptors (Lipinski definition) is 4. The van der Waals surface area contributed by atoms with Gasteiger partial charge in [0.15, 0.2) is 0 Å². The maximum Gasteiger partial charge on any atom is 0.345 e. The van der Waals surface area contributed by atoms with Gasteiger partial charge in [-0.05, 0) is 32.3 Å². The molecule has 5 nitrogen and oxygen atoms in total. The zero-order chi connectivity index (χ0) is 14.9. The van der Waals surface area contributed by atoms with Crippen LogP contribution in [0.5, 0.6) is 0 Å². The van der Waals surface area contributed by atoms with Crippen LogP contribution in [-0.4, -0.2) is 36.4 Å². The highest BCUT2D eigenvalue weighted by molar-refractivity contribution is 7.89. The third-order valence-electron chi connectivity index (χ3n) is 3.36. The second-order valence-electron chi connectivity index (χ2n) is 5.04. The molecule has 0 amide bonds. The Balaban J connectivity index is 2.34. The molecular formula is C13H19NO4S2. The number of unbranched alkanes of at least 4 members (excludes halogenated alkanes) is 1. The number of hydrogen-bond donors (Lipinski definition) is 1. The Hall–Kier alpha value is -0.920. The van der Waals surface area contributed by atoms with E-state index in [-0.39, 0.29) is 15.8 Å². The Kier molecular flexibility index (Phi) is 4.51. The Morgan fingerprint density at radius 1 is 1.50 bits per heavy atom. The zero-order valence-corrected chi connectivity index (χ0v) is 13.3. The lowest BCUT2D eigenvalue weighted by Gasteiger charge is -2.21. The van der Waals surface area contributed by atoms with Crippen LogP contribution in [0, 0.1) is 6.92 Å². The molecule has 1 N–H and O–H groups in total. The predicted molar refractivity (Wildman–Crippen MR) is 77.8 cm³/mol. The maximum atomic E-state index is 12.7. The average molecular weight is 317 g/mol. The molecule has 1 saturated carbocycles. The van der Waals surface area contributed by atoms with E-state index in [1.807, 2.05) is 6.92 Å². The van der Waals surface area contributed by atoms with Crippen molar-refractivity contribution in [2.45, 2.75) is 50.5 Å². The van der Waals surface area contributed by atoms with Crippen LogP contribution in [-0.2, 0) is 10.0 Å². The van der Waals surface area contributed by atoms with Gasteiger partial charge >= 0.3 is 5.97 Å². The molecule has 20 heavy (non-hydrogen) atoms. The number of nitrogens with zero attached hydrogens (tertiary/aromatic N) is 1. The first kappa shape index (κ1) is 15.5. The van der Waals surface area contributed by atoms with Crippen molar-refractivity contribution >= 4 is 27.3 Å². The van der Waals surface area contributed by atoms with Crippen LogP contribution >= 0.6 is 11.3 Å². The average Bonchev–Trinajstić information content (AvgIpc) is 3.10. The third-order valence-corrected chi connectivity index (χ3v) is 6.60. The van der Waals surface area contributed by atoms with Gasteiger partial charge in [0.2, 0.25) is 10.0 Å². The van der Waals surface area contributed by atoms with Gasteiger partial charge in [-0.2, -0.15) is 4.31 Å². The van der Waals surface area contributed by atoms with Gasteiger partial charge in [-0.3, -0.25) is 0 Å². The highest BCUT2D eigenvalue weighted by Gasteiger charge is 2.38. The van der Waals surface area contributed by atoms with E-state index in [0.717, 1.165) is 37.0 Å². The van der Waals surface area contributed by atoms with Gasteiger partial charge in [-0.1, -0.05) is 13.3 Å². The second kappa shape index (κ2) is 5.83. The Morgan fingerprint density at radius 3 is 2.60 bits per heavy atom. The van der Waals surface area contributed by atoms with Gasteiger partial charge in [0.25, 0.3) is 0 Å². The van der Waals surface area contributed by atoms with E-state index in [4.69, 9.17) is 5.11 Å². The van der Waals surface area contributed by atoms with Crippen molar-refractivity contribution in [2.24, 2.45) is 0 Å². The summed E-state index contributed by atoms with van der Waals surface area (Å²) in [7, 11) is -3.57. The molecule has 1 heterocycles. The van der Waals surface area contributed by atoms with Gasteiger partial charge in [0, 0.05) is 17.5 Å². The van der Waals surface area contributed by atoms with Crippen LogP contribution in [0.4, 0.5) is 0 Å². The first-order chi connectivity index (χ1) is 9.37. The summed E-state index contributed by atoms with van der Waals surface area (Å²) < 4.78 is 27.0. The fraction of sp³-hybridized carbons (Fsp3) is 0.615. The zero-order valence-electron chi connectivity index (χ0n) is 11.6. The number of carboxylic acids is 1. The first-order valence-corrected chi connectivity index (χ1v) is 8.99. The Morgan fingerprint density at radius 2 is 2.15 bits per heavy atom. The van der Waals surface area contributed by atoms with E-state index >= 15 is 0 Å². The lowest BCUT2D eigenvalue weighted by atomic mass is 10.3. The quantitative estimate of drug-likeness (QED) is 0.839. The highest BCUT2D eigenvalue weighted by atomic mass is 32.2. The Bertz CT molecular complexity index is 602. The molecule has 0 aliphatic heterocycles. The van der Waals surface area contributed by atoms with Crippen LogP contribution in [0.15, 0.2) is 11.0 Å². The molecule has 0 unspecified atom stereocenters. The number of aromatic carboxylic acids is 1. The molecule has 0 radical (unpaired) electrons. The SMILES string of the molecule is CCCCN(C1CC1)S(=O)(=O)c1cc(C(=O)O)sc1C. The van der Waals surface area contributed by atoms with Gasteiger partial charge in [-0.15, -0.1) is 11.3 Å². The van der Waals surface area contributed by atoms with Crippen molar-refractivity contribution in [3.63, 3.8) is 0 Å². The van der Waals surface area contributed by atoms with Gasteiger partial charge in [0.1, 0.15) is 4.88 Å². The first-order valence-electron chi connectivity index (χ1n) is 6.73. The molecule has 1 aromatic rings. The molecular weight excluding hydrogens is 298 g/mol. The van der Waals surface area contributed by atoms with E-state index in [0.29, 0.717) is 11.4 Å². The van der Waals surface area contributed by atoms with Crippen LogP contribution in [0.1, 0.15) is 47.2 Å². The molecule has 0 spiro atoms. The highest BCUT2D eigenvalue weighted by Crippen LogP contribution is 2.35. The summed E-state index contributed by atoms with van der Waals surface area (Å²) in [6, 6.07) is 1.39. The molecule has 1 fully saturated rings. The molecule has 0 saturated heterocycles. The van der Waals surface area contributed by atoms with E-state index in [9.17, 15) is 13.2 Å². The topological polar surface area (TPSA) is 74.7 Å². The molecule has 112 valence electrons. The maximum absolute atomic E-state index is 12.7. The van der Waals surface area contributed by atoms with E-state index < -0.39 is 16.0 Å². The van der Waals surface area contributed by atoms with Crippen molar-refractivity contribution in [3.8, 4) is 0 Å². The summed E-state index contributed by atoms with van der Waals surface area (Å²) in [6.07, 6.45) is 3.56. The number of thiophene rings is 1. The minimum atomic E-state index is -3.57. The fourth-order valence-electron chi connectivity index (χ4n) is 2.13. The molecule has 1 aliphatic rings. The summed E-state index contributed by atoms with van der Waals surface area (Å²) >= 11 is 1.02. The summed E-state index contributed by atoms with van der Waals surface area (Å²) in [4.78, 5) is 11.8. The number of carboxylic acid groups (broad SMARTS) is 1. The van der Waals surface area contributed by atoms with Crippen LogP contribution in [0.25, 0.3) is 0 Å². The summed E-state index contributed by atoms with van der Waals surface area (Å²) in [6.45, 7) is 4.20. The van der Waals surface area contributed by atoms with Crippen LogP contribution in [0.2, 0.25) is 0 Å². The predicted octanol–water partition coefficient (Wildman–Crippen LogP) is 2.71. The van der Waals surface area contributed by atoms with Crippen LogP contribution < -0.4 is 0 Å². The van der Waals surface area contributed by atoms with E-state index in [2.05, 4.69) is 0 Å². The van der Waals surface area contributed by atoms with Crippen molar-refractivity contribution in [1.82, 2.24) is 4.31 Å². The summed E-state index contributed by atoms with van der Waals surface area (Å²) in [5.74, 6) is -1.08. The molecule has 0 atom stereocenters. The normalized spacial score (nSPS) is 15.8. The lowest BCUT2D eigenvalue weighted by molar-refractivity contribution is 0.0702. The molecule has 2 rings (SSSR count).